The van der Waals surface area contributed by atoms with Crippen molar-refractivity contribution in [2.24, 2.45) is 5.10 Å². The van der Waals surface area contributed by atoms with E-state index in [1.165, 1.54) is 5.01 Å². The topological polar surface area (TPSA) is 47.9 Å². The van der Waals surface area contributed by atoms with Crippen LogP contribution in [0, 0.1) is 12.3 Å². The molecule has 0 aromatic rings. The van der Waals surface area contributed by atoms with Gasteiger partial charge in [0, 0.05) is 6.54 Å². The van der Waals surface area contributed by atoms with Crippen molar-refractivity contribution in [3.63, 3.8) is 0 Å². The molecule has 0 aromatic carbocycles. The lowest BCUT2D eigenvalue weighted by Crippen LogP contribution is -2.50. The summed E-state index contributed by atoms with van der Waals surface area (Å²) < 4.78 is 0. The Hall–Kier alpha value is -1.54. The molecular weight excluding hydrogens is 168 g/mol. The van der Waals surface area contributed by atoms with Crippen LogP contribution in [0.25, 0.3) is 0 Å². The van der Waals surface area contributed by atoms with Gasteiger partial charge < -0.3 is 0 Å². The first-order chi connectivity index (χ1) is 6.33. The van der Waals surface area contributed by atoms with Crippen molar-refractivity contribution in [2.45, 2.75) is 12.5 Å². The Balaban J connectivity index is 2.16. The zero-order valence-electron chi connectivity index (χ0n) is 7.10. The number of hydrogen-bond acceptors (Lipinski definition) is 4. The van der Waals surface area contributed by atoms with Gasteiger partial charge in [-0.05, 0) is 6.42 Å². The van der Waals surface area contributed by atoms with Crippen LogP contribution in [0.15, 0.2) is 5.10 Å². The van der Waals surface area contributed by atoms with Gasteiger partial charge in [-0.15, -0.1) is 6.42 Å². The fourth-order valence-electron chi connectivity index (χ4n) is 1.50. The zero-order chi connectivity index (χ0) is 9.26. The van der Waals surface area contributed by atoms with E-state index in [-0.39, 0.29) is 18.5 Å². The van der Waals surface area contributed by atoms with E-state index < -0.39 is 0 Å². The van der Waals surface area contributed by atoms with Crippen LogP contribution >= 0.6 is 0 Å². The minimum Gasteiger partial charge on any atom is -0.284 e. The monoisotopic (exact) mass is 178 g/mol. The average molecular weight is 178 g/mol. The third kappa shape index (κ3) is 1.25. The standard InChI is InChI=1S/C8H10N4O/c1-2-5-11-8(13)7-3-4-9-12(7)6-10-11/h1,6-7,9H,3-5H2. The van der Waals surface area contributed by atoms with E-state index >= 15 is 0 Å². The number of fused-ring (bicyclic) bond motifs is 1. The predicted octanol–water partition coefficient (Wildman–Crippen LogP) is -1.02. The summed E-state index contributed by atoms with van der Waals surface area (Å²) in [6.07, 6.45) is 7.53. The van der Waals surface area contributed by atoms with Crippen molar-refractivity contribution in [1.29, 1.82) is 0 Å². The molecule has 68 valence electrons. The van der Waals surface area contributed by atoms with Crippen LogP contribution in [-0.4, -0.2) is 41.4 Å². The van der Waals surface area contributed by atoms with E-state index in [1.54, 1.807) is 11.3 Å². The van der Waals surface area contributed by atoms with E-state index in [0.717, 1.165) is 13.0 Å². The van der Waals surface area contributed by atoms with Crippen molar-refractivity contribution in [1.82, 2.24) is 15.4 Å². The van der Waals surface area contributed by atoms with Crippen molar-refractivity contribution in [2.75, 3.05) is 13.1 Å². The van der Waals surface area contributed by atoms with Gasteiger partial charge in [0.05, 0.1) is 0 Å². The van der Waals surface area contributed by atoms with Crippen molar-refractivity contribution in [3.05, 3.63) is 0 Å². The van der Waals surface area contributed by atoms with Crippen LogP contribution in [0.3, 0.4) is 0 Å². The second kappa shape index (κ2) is 3.07. The molecule has 2 aliphatic rings. The minimum atomic E-state index is -0.120. The number of nitrogens with zero attached hydrogens (tertiary/aromatic N) is 3. The molecular formula is C8H10N4O. The number of hydrazone groups is 1. The summed E-state index contributed by atoms with van der Waals surface area (Å²) in [6, 6.07) is -0.120. The number of carbonyl (C=O) groups is 1. The zero-order valence-corrected chi connectivity index (χ0v) is 7.10. The maximum absolute atomic E-state index is 11.6. The van der Waals surface area contributed by atoms with Crippen LogP contribution in [-0.2, 0) is 4.79 Å². The summed E-state index contributed by atoms with van der Waals surface area (Å²) in [5.74, 6) is 2.38. The number of rotatable bonds is 1. The number of hydrazine groups is 1. The number of nitrogens with one attached hydrogen (secondary N) is 1. The molecule has 0 bridgehead atoms. The molecule has 0 radical (unpaired) electrons. The fraction of sp³-hybridized carbons (Fsp3) is 0.500. The predicted molar refractivity (Wildman–Crippen MR) is 47.3 cm³/mol. The van der Waals surface area contributed by atoms with Gasteiger partial charge in [-0.1, -0.05) is 5.92 Å². The third-order valence-corrected chi connectivity index (χ3v) is 2.14. The highest BCUT2D eigenvalue weighted by Gasteiger charge is 2.35. The van der Waals surface area contributed by atoms with Gasteiger partial charge in [0.25, 0.3) is 5.91 Å². The van der Waals surface area contributed by atoms with Crippen LogP contribution in [0.2, 0.25) is 0 Å². The smallest absolute Gasteiger partial charge is 0.268 e. The Morgan fingerprint density at radius 2 is 2.69 bits per heavy atom. The average Bonchev–Trinajstić information content (AvgIpc) is 2.58. The van der Waals surface area contributed by atoms with E-state index in [4.69, 9.17) is 6.42 Å². The van der Waals surface area contributed by atoms with Crippen molar-refractivity contribution in [3.8, 4) is 12.3 Å². The molecule has 1 fully saturated rings. The Morgan fingerprint density at radius 1 is 1.85 bits per heavy atom. The minimum absolute atomic E-state index is 0.0227. The maximum atomic E-state index is 11.6. The van der Waals surface area contributed by atoms with Gasteiger partial charge >= 0.3 is 0 Å². The highest BCUT2D eigenvalue weighted by Crippen LogP contribution is 2.14. The molecule has 2 heterocycles. The fourth-order valence-corrected chi connectivity index (χ4v) is 1.50. The SMILES string of the molecule is C#CCN1N=CN2NCCC2C1=O. The maximum Gasteiger partial charge on any atom is 0.268 e. The lowest BCUT2D eigenvalue weighted by molar-refractivity contribution is -0.135. The Kier molecular flexibility index (Phi) is 1.91. The Bertz CT molecular complexity index is 293. The van der Waals surface area contributed by atoms with Gasteiger partial charge in [-0.25, -0.2) is 10.4 Å². The molecule has 1 atom stereocenters. The van der Waals surface area contributed by atoms with Gasteiger partial charge in [0.1, 0.15) is 18.9 Å². The first-order valence-electron chi connectivity index (χ1n) is 4.13. The van der Waals surface area contributed by atoms with Crippen LogP contribution in [0.5, 0.6) is 0 Å². The highest BCUT2D eigenvalue weighted by molar-refractivity contribution is 5.87. The first kappa shape index (κ1) is 8.08. The molecule has 13 heavy (non-hydrogen) atoms. The van der Waals surface area contributed by atoms with Gasteiger partial charge in [0.2, 0.25) is 0 Å². The summed E-state index contributed by atoms with van der Waals surface area (Å²) in [5.41, 5.74) is 3.04. The molecule has 1 N–H and O–H groups in total. The largest absolute Gasteiger partial charge is 0.284 e. The molecule has 2 aliphatic heterocycles. The van der Waals surface area contributed by atoms with E-state index in [1.807, 2.05) is 0 Å². The molecule has 0 saturated carbocycles. The summed E-state index contributed by atoms with van der Waals surface area (Å²) in [6.45, 7) is 1.06. The van der Waals surface area contributed by atoms with Crippen LogP contribution < -0.4 is 5.43 Å². The first-order valence-corrected chi connectivity index (χ1v) is 4.13. The van der Waals surface area contributed by atoms with Crippen LogP contribution in [0.4, 0.5) is 0 Å². The van der Waals surface area contributed by atoms with Gasteiger partial charge in [-0.3, -0.25) is 9.80 Å². The molecule has 2 rings (SSSR count). The third-order valence-electron chi connectivity index (χ3n) is 2.14. The Morgan fingerprint density at radius 3 is 3.46 bits per heavy atom. The molecule has 5 nitrogen and oxygen atoms in total. The normalized spacial score (nSPS) is 26.1. The summed E-state index contributed by atoms with van der Waals surface area (Å²) in [5, 5.41) is 6.98. The molecule has 1 saturated heterocycles. The van der Waals surface area contributed by atoms with E-state index in [0.29, 0.717) is 0 Å². The number of hydrogen-bond donors (Lipinski definition) is 1. The number of amides is 1. The number of carbonyl (C=O) groups excluding carboxylic acids is 1. The van der Waals surface area contributed by atoms with Crippen molar-refractivity contribution < 1.29 is 4.79 Å². The molecule has 1 amide bonds. The van der Waals surface area contributed by atoms with Crippen LogP contribution in [0.1, 0.15) is 6.42 Å². The molecule has 5 heteroatoms. The summed E-state index contributed by atoms with van der Waals surface area (Å²) in [4.78, 5) is 11.6. The summed E-state index contributed by atoms with van der Waals surface area (Å²) in [7, 11) is 0. The van der Waals surface area contributed by atoms with Gasteiger partial charge in [0.15, 0.2) is 0 Å². The molecule has 0 aliphatic carbocycles. The lowest BCUT2D eigenvalue weighted by atomic mass is 10.2. The van der Waals surface area contributed by atoms with E-state index in [9.17, 15) is 4.79 Å². The quantitative estimate of drug-likeness (QED) is 0.523. The van der Waals surface area contributed by atoms with Gasteiger partial charge in [-0.2, -0.15) is 5.10 Å². The van der Waals surface area contributed by atoms with Crippen molar-refractivity contribution >= 4 is 12.2 Å². The Labute approximate surface area is 76.3 Å². The molecule has 0 aromatic heterocycles. The van der Waals surface area contributed by atoms with E-state index in [2.05, 4.69) is 16.4 Å². The molecule has 0 spiro atoms. The molecule has 1 unspecified atom stereocenters. The highest BCUT2D eigenvalue weighted by atomic mass is 16.2. The number of terminal acetylenes is 1. The second-order valence-corrected chi connectivity index (χ2v) is 2.95. The second-order valence-electron chi connectivity index (χ2n) is 2.95. The lowest BCUT2D eigenvalue weighted by Gasteiger charge is -2.29. The summed E-state index contributed by atoms with van der Waals surface area (Å²) >= 11 is 0.